The van der Waals surface area contributed by atoms with Crippen LogP contribution >= 0.6 is 0 Å². The summed E-state index contributed by atoms with van der Waals surface area (Å²) in [6.07, 6.45) is 4.47. The van der Waals surface area contributed by atoms with Crippen molar-refractivity contribution in [3.8, 4) is 11.5 Å². The van der Waals surface area contributed by atoms with Crippen molar-refractivity contribution in [3.05, 3.63) is 107 Å². The molecule has 2 aromatic carbocycles. The predicted octanol–water partition coefficient (Wildman–Crippen LogP) is 5.83. The summed E-state index contributed by atoms with van der Waals surface area (Å²) >= 11 is 0. The van der Waals surface area contributed by atoms with E-state index in [1.54, 1.807) is 43.5 Å². The molecule has 1 N–H and O–H groups in total. The van der Waals surface area contributed by atoms with E-state index in [2.05, 4.69) is 11.6 Å². The first kappa shape index (κ1) is 30.1. The summed E-state index contributed by atoms with van der Waals surface area (Å²) in [6, 6.07) is 15.4. The van der Waals surface area contributed by atoms with Crippen LogP contribution in [0.15, 0.2) is 85.2 Å². The van der Waals surface area contributed by atoms with Crippen LogP contribution in [0.1, 0.15) is 58.2 Å². The zero-order valence-corrected chi connectivity index (χ0v) is 23.3. The maximum atomic E-state index is 13.1. The Kier molecular flexibility index (Phi) is 11.0. The topological polar surface area (TPSA) is 104 Å². The molecule has 0 saturated heterocycles. The van der Waals surface area contributed by atoms with Crippen LogP contribution < -0.4 is 9.47 Å². The quantitative estimate of drug-likeness (QED) is 0.211. The lowest BCUT2D eigenvalue weighted by molar-refractivity contribution is 0.0296. The van der Waals surface area contributed by atoms with Crippen LogP contribution in [-0.2, 0) is 9.47 Å². The molecule has 0 spiro atoms. The minimum atomic E-state index is -0.750. The molecule has 210 valence electrons. The van der Waals surface area contributed by atoms with E-state index < -0.39 is 18.0 Å². The van der Waals surface area contributed by atoms with Crippen LogP contribution in [0.2, 0.25) is 0 Å². The number of esters is 2. The van der Waals surface area contributed by atoms with Crippen LogP contribution in [-0.4, -0.2) is 49.5 Å². The fourth-order valence-electron chi connectivity index (χ4n) is 4.07. The Morgan fingerprint density at radius 2 is 1.70 bits per heavy atom. The molecule has 1 aromatic heterocycles. The van der Waals surface area contributed by atoms with Gasteiger partial charge in [-0.1, -0.05) is 44.7 Å². The number of carbonyl (C=O) groups excluding carboxylic acids is 2. The number of para-hydroxylation sites is 1. The number of allylic oxidation sites excluding steroid dienone is 2. The monoisotopic (exact) mass is 545 g/mol. The molecule has 0 amide bonds. The summed E-state index contributed by atoms with van der Waals surface area (Å²) in [7, 11) is 2.88. The number of pyridine rings is 1. The summed E-state index contributed by atoms with van der Waals surface area (Å²) in [5, 5.41) is 9.31. The molecule has 40 heavy (non-hydrogen) atoms. The van der Waals surface area contributed by atoms with Crippen molar-refractivity contribution in [2.45, 2.75) is 26.4 Å². The number of benzene rings is 2. The van der Waals surface area contributed by atoms with Gasteiger partial charge in [0.2, 0.25) is 0 Å². The molecule has 0 fully saturated rings. The average Bonchev–Trinajstić information content (AvgIpc) is 2.99. The van der Waals surface area contributed by atoms with Crippen LogP contribution in [0, 0.1) is 5.92 Å². The molecular weight excluding hydrogens is 510 g/mol. The number of aromatic nitrogens is 1. The minimum Gasteiger partial charge on any atom is -0.496 e. The zero-order chi connectivity index (χ0) is 29.1. The second-order valence-electron chi connectivity index (χ2n) is 9.18. The average molecular weight is 546 g/mol. The summed E-state index contributed by atoms with van der Waals surface area (Å²) in [5.74, 6) is 0.116. The molecule has 1 heterocycles. The highest BCUT2D eigenvalue weighted by Crippen LogP contribution is 2.38. The van der Waals surface area contributed by atoms with Gasteiger partial charge in [0, 0.05) is 29.9 Å². The number of aliphatic hydroxyl groups is 1. The van der Waals surface area contributed by atoms with Crippen molar-refractivity contribution >= 4 is 17.5 Å². The Balaban J connectivity index is 2.11. The number of nitrogens with zero attached hydrogens (tertiary/aromatic N) is 1. The fourth-order valence-corrected chi connectivity index (χ4v) is 4.07. The number of hydrogen-bond donors (Lipinski definition) is 1. The molecule has 0 aliphatic heterocycles. The van der Waals surface area contributed by atoms with Gasteiger partial charge in [-0.25, -0.2) is 9.59 Å². The van der Waals surface area contributed by atoms with Gasteiger partial charge in [0.25, 0.3) is 0 Å². The third kappa shape index (κ3) is 7.57. The maximum absolute atomic E-state index is 13.1. The molecule has 8 nitrogen and oxygen atoms in total. The lowest BCUT2D eigenvalue weighted by Gasteiger charge is -2.22. The molecule has 3 rings (SSSR count). The number of ether oxygens (including phenoxy) is 4. The standard InChI is InChI=1S/C32H35NO7/c1-21(2)22(3)25(27-20-24(31(35)38-5)10-12-28(27)37-4)11-13-30(40-32(36)23-14-16-33-17-15-23)26-8-6-7-9-29(26)39-19-18-34/h6-12,14-17,20-21,30,34H,3,13,18-19H2,1-2,4-5H3/b25-11-/t30-/m0/s1. The van der Waals surface area contributed by atoms with E-state index >= 15 is 0 Å². The summed E-state index contributed by atoms with van der Waals surface area (Å²) < 4.78 is 22.3. The molecular formula is C32H35NO7. The molecule has 0 saturated carbocycles. The van der Waals surface area contributed by atoms with Gasteiger partial charge in [0.05, 0.1) is 32.0 Å². The second kappa shape index (κ2) is 14.6. The molecule has 0 unspecified atom stereocenters. The van der Waals surface area contributed by atoms with Crippen molar-refractivity contribution in [2.75, 3.05) is 27.4 Å². The van der Waals surface area contributed by atoms with E-state index in [-0.39, 0.29) is 25.6 Å². The number of hydrogen-bond acceptors (Lipinski definition) is 8. The Morgan fingerprint density at radius 1 is 0.975 bits per heavy atom. The smallest absolute Gasteiger partial charge is 0.338 e. The van der Waals surface area contributed by atoms with Crippen molar-refractivity contribution in [3.63, 3.8) is 0 Å². The third-order valence-electron chi connectivity index (χ3n) is 6.27. The van der Waals surface area contributed by atoms with E-state index in [4.69, 9.17) is 18.9 Å². The first-order valence-corrected chi connectivity index (χ1v) is 12.9. The van der Waals surface area contributed by atoms with E-state index in [1.165, 1.54) is 19.5 Å². The number of methoxy groups -OCH3 is 2. The molecule has 8 heteroatoms. The van der Waals surface area contributed by atoms with E-state index in [0.717, 1.165) is 11.1 Å². The van der Waals surface area contributed by atoms with Crippen molar-refractivity contribution < 1.29 is 33.6 Å². The van der Waals surface area contributed by atoms with Gasteiger partial charge in [0.15, 0.2) is 0 Å². The molecule has 1 atom stereocenters. The van der Waals surface area contributed by atoms with Crippen LogP contribution in [0.4, 0.5) is 0 Å². The summed E-state index contributed by atoms with van der Waals surface area (Å²) in [5.41, 5.74) is 3.58. The fraction of sp³-hybridized carbons (Fsp3) is 0.281. The Bertz CT molecular complexity index is 1350. The molecule has 0 aliphatic rings. The summed E-state index contributed by atoms with van der Waals surface area (Å²) in [6.45, 7) is 8.28. The molecule has 0 aliphatic carbocycles. The zero-order valence-electron chi connectivity index (χ0n) is 23.3. The van der Waals surface area contributed by atoms with Gasteiger partial charge in [-0.3, -0.25) is 4.98 Å². The SMILES string of the molecule is C=C(/C(=C/C[C@H](OC(=O)c1ccncc1)c1ccccc1OCCO)c1cc(C(=O)OC)ccc1OC)C(C)C. The Labute approximate surface area is 234 Å². The van der Waals surface area contributed by atoms with Crippen LogP contribution in [0.25, 0.3) is 5.57 Å². The van der Waals surface area contributed by atoms with Crippen LogP contribution in [0.5, 0.6) is 11.5 Å². The third-order valence-corrected chi connectivity index (χ3v) is 6.27. The van der Waals surface area contributed by atoms with Crippen molar-refractivity contribution in [1.82, 2.24) is 4.98 Å². The van der Waals surface area contributed by atoms with Crippen LogP contribution in [0.3, 0.4) is 0 Å². The highest BCUT2D eigenvalue weighted by Gasteiger charge is 2.23. The lowest BCUT2D eigenvalue weighted by Crippen LogP contribution is -2.14. The molecule has 3 aromatic rings. The van der Waals surface area contributed by atoms with E-state index in [1.807, 2.05) is 38.1 Å². The summed E-state index contributed by atoms with van der Waals surface area (Å²) in [4.78, 5) is 29.4. The molecule has 0 radical (unpaired) electrons. The van der Waals surface area contributed by atoms with Gasteiger partial charge in [0.1, 0.15) is 24.2 Å². The second-order valence-corrected chi connectivity index (χ2v) is 9.18. The van der Waals surface area contributed by atoms with Gasteiger partial charge in [-0.05, 0) is 53.5 Å². The lowest BCUT2D eigenvalue weighted by atomic mass is 9.88. The number of rotatable bonds is 13. The van der Waals surface area contributed by atoms with Gasteiger partial charge >= 0.3 is 11.9 Å². The number of aliphatic hydroxyl groups excluding tert-OH is 1. The maximum Gasteiger partial charge on any atom is 0.338 e. The highest BCUT2D eigenvalue weighted by molar-refractivity contribution is 5.93. The minimum absolute atomic E-state index is 0.0655. The van der Waals surface area contributed by atoms with E-state index in [9.17, 15) is 14.7 Å². The molecule has 0 bridgehead atoms. The highest BCUT2D eigenvalue weighted by atomic mass is 16.5. The van der Waals surface area contributed by atoms with Crippen molar-refractivity contribution in [1.29, 1.82) is 0 Å². The first-order chi connectivity index (χ1) is 19.3. The van der Waals surface area contributed by atoms with Gasteiger partial charge in [-0.2, -0.15) is 0 Å². The Hall–Kier alpha value is -4.43. The number of carbonyl (C=O) groups is 2. The normalized spacial score (nSPS) is 12.0. The predicted molar refractivity (Wildman–Crippen MR) is 152 cm³/mol. The van der Waals surface area contributed by atoms with Gasteiger partial charge in [-0.15, -0.1) is 0 Å². The first-order valence-electron chi connectivity index (χ1n) is 12.9. The largest absolute Gasteiger partial charge is 0.496 e. The van der Waals surface area contributed by atoms with Gasteiger partial charge < -0.3 is 24.1 Å². The van der Waals surface area contributed by atoms with Crippen molar-refractivity contribution in [2.24, 2.45) is 5.92 Å². The van der Waals surface area contributed by atoms with E-state index in [0.29, 0.717) is 33.8 Å². The Morgan fingerprint density at radius 3 is 2.35 bits per heavy atom.